The van der Waals surface area contributed by atoms with Crippen molar-refractivity contribution in [2.24, 2.45) is 0 Å². The number of nitrogens with one attached hydrogen (secondary N) is 1. The second kappa shape index (κ2) is 4.96. The van der Waals surface area contributed by atoms with Crippen LogP contribution in [0.3, 0.4) is 0 Å². The van der Waals surface area contributed by atoms with E-state index in [-0.39, 0.29) is 11.9 Å². The van der Waals surface area contributed by atoms with Gasteiger partial charge < -0.3 is 16.0 Å². The summed E-state index contributed by atoms with van der Waals surface area (Å²) in [5.74, 6) is 1.14. The molecule has 1 aliphatic heterocycles. The van der Waals surface area contributed by atoms with Gasteiger partial charge >= 0.3 is 0 Å². The topological polar surface area (TPSA) is 84.1 Å². The lowest BCUT2D eigenvalue weighted by Gasteiger charge is -2.19. The van der Waals surface area contributed by atoms with Crippen LogP contribution in [-0.4, -0.2) is 35.0 Å². The van der Waals surface area contributed by atoms with E-state index in [0.29, 0.717) is 11.6 Å². The molecular weight excluding hydrogens is 254 g/mol. The van der Waals surface area contributed by atoms with E-state index in [2.05, 4.69) is 20.2 Å². The van der Waals surface area contributed by atoms with Crippen molar-refractivity contribution >= 4 is 28.6 Å². The Kier molecular flexibility index (Phi) is 3.14. The number of nitrogens with zero attached hydrogens (tertiary/aromatic N) is 3. The van der Waals surface area contributed by atoms with Gasteiger partial charge in [0.1, 0.15) is 0 Å². The van der Waals surface area contributed by atoms with Gasteiger partial charge in [0, 0.05) is 26.1 Å². The molecule has 1 amide bonds. The molecule has 3 N–H and O–H groups in total. The summed E-state index contributed by atoms with van der Waals surface area (Å²) in [7, 11) is 0. The minimum atomic E-state index is -0.00517. The Hall–Kier alpha value is -2.37. The minimum absolute atomic E-state index is 0.00517. The molecule has 2 heterocycles. The fourth-order valence-electron chi connectivity index (χ4n) is 2.60. The lowest BCUT2D eigenvalue weighted by atomic mass is 10.2. The minimum Gasteiger partial charge on any atom is -0.381 e. The number of aromatic nitrogens is 2. The third kappa shape index (κ3) is 2.36. The standard InChI is InChI=1S/C14H17N5O/c1-9(20)16-10-6-7-19(8-10)14-13(15)17-11-4-2-3-5-12(11)18-14/h2-5,10H,6-8H2,1H3,(H2,15,17)(H,16,20). The van der Waals surface area contributed by atoms with Crippen LogP contribution in [0.1, 0.15) is 13.3 Å². The molecule has 1 fully saturated rings. The number of nitrogen functional groups attached to an aromatic ring is 1. The summed E-state index contributed by atoms with van der Waals surface area (Å²) in [6.45, 7) is 3.08. The number of hydrogen-bond acceptors (Lipinski definition) is 5. The molecule has 1 aromatic heterocycles. The Morgan fingerprint density at radius 1 is 1.35 bits per heavy atom. The van der Waals surface area contributed by atoms with Gasteiger partial charge in [0.2, 0.25) is 5.91 Å². The predicted molar refractivity (Wildman–Crippen MR) is 78.4 cm³/mol. The lowest BCUT2D eigenvalue weighted by Crippen LogP contribution is -2.35. The molecule has 1 atom stereocenters. The molecule has 0 bridgehead atoms. The highest BCUT2D eigenvalue weighted by molar-refractivity contribution is 5.80. The number of anilines is 2. The molecule has 1 saturated heterocycles. The molecule has 0 spiro atoms. The average Bonchev–Trinajstić information content (AvgIpc) is 2.85. The van der Waals surface area contributed by atoms with E-state index >= 15 is 0 Å². The zero-order valence-corrected chi connectivity index (χ0v) is 11.3. The van der Waals surface area contributed by atoms with Crippen molar-refractivity contribution in [2.75, 3.05) is 23.7 Å². The Bertz CT molecular complexity index is 657. The monoisotopic (exact) mass is 271 g/mol. The van der Waals surface area contributed by atoms with Crippen molar-refractivity contribution in [3.63, 3.8) is 0 Å². The maximum Gasteiger partial charge on any atom is 0.217 e. The first-order valence-corrected chi connectivity index (χ1v) is 6.68. The summed E-state index contributed by atoms with van der Waals surface area (Å²) in [5, 5.41) is 2.93. The quantitative estimate of drug-likeness (QED) is 0.848. The molecule has 0 saturated carbocycles. The first-order chi connectivity index (χ1) is 9.63. The number of fused-ring (bicyclic) bond motifs is 1. The third-order valence-corrected chi connectivity index (χ3v) is 3.47. The van der Waals surface area contributed by atoms with Crippen molar-refractivity contribution in [1.29, 1.82) is 0 Å². The van der Waals surface area contributed by atoms with Gasteiger partial charge in [0.05, 0.1) is 11.0 Å². The molecule has 1 aromatic carbocycles. The summed E-state index contributed by atoms with van der Waals surface area (Å²) in [4.78, 5) is 22.2. The zero-order valence-electron chi connectivity index (χ0n) is 11.3. The number of amides is 1. The van der Waals surface area contributed by atoms with Crippen molar-refractivity contribution in [2.45, 2.75) is 19.4 Å². The van der Waals surface area contributed by atoms with E-state index in [0.717, 1.165) is 30.5 Å². The number of rotatable bonds is 2. The SMILES string of the molecule is CC(=O)NC1CCN(c2nc3ccccc3nc2N)C1. The third-order valence-electron chi connectivity index (χ3n) is 3.47. The largest absolute Gasteiger partial charge is 0.381 e. The predicted octanol–water partition coefficient (Wildman–Crippen LogP) is 0.927. The van der Waals surface area contributed by atoms with Crippen LogP contribution in [0.2, 0.25) is 0 Å². The number of nitrogens with two attached hydrogens (primary N) is 1. The lowest BCUT2D eigenvalue weighted by molar-refractivity contribution is -0.119. The highest BCUT2D eigenvalue weighted by Gasteiger charge is 2.25. The van der Waals surface area contributed by atoms with Gasteiger partial charge in [0.15, 0.2) is 11.6 Å². The van der Waals surface area contributed by atoms with E-state index in [1.54, 1.807) is 0 Å². The number of benzene rings is 1. The van der Waals surface area contributed by atoms with Gasteiger partial charge in [-0.1, -0.05) is 12.1 Å². The van der Waals surface area contributed by atoms with Crippen LogP contribution >= 0.6 is 0 Å². The van der Waals surface area contributed by atoms with Crippen LogP contribution in [0, 0.1) is 0 Å². The Morgan fingerprint density at radius 3 is 2.75 bits per heavy atom. The van der Waals surface area contributed by atoms with E-state index < -0.39 is 0 Å². The van der Waals surface area contributed by atoms with Gasteiger partial charge in [-0.25, -0.2) is 9.97 Å². The second-order valence-electron chi connectivity index (χ2n) is 5.05. The van der Waals surface area contributed by atoms with Crippen molar-refractivity contribution < 1.29 is 4.79 Å². The summed E-state index contributed by atoms with van der Waals surface area (Å²) in [5.41, 5.74) is 7.64. The Labute approximate surface area is 117 Å². The fraction of sp³-hybridized carbons (Fsp3) is 0.357. The molecule has 1 unspecified atom stereocenters. The van der Waals surface area contributed by atoms with Gasteiger partial charge in [-0.15, -0.1) is 0 Å². The molecule has 0 radical (unpaired) electrons. The normalized spacial score (nSPS) is 18.4. The van der Waals surface area contributed by atoms with Crippen LogP contribution in [0.5, 0.6) is 0 Å². The number of carbonyl (C=O) groups excluding carboxylic acids is 1. The van der Waals surface area contributed by atoms with Crippen LogP contribution in [0.25, 0.3) is 11.0 Å². The fourth-order valence-corrected chi connectivity index (χ4v) is 2.60. The van der Waals surface area contributed by atoms with Crippen molar-refractivity contribution in [1.82, 2.24) is 15.3 Å². The van der Waals surface area contributed by atoms with E-state index in [1.807, 2.05) is 24.3 Å². The average molecular weight is 271 g/mol. The van der Waals surface area contributed by atoms with Crippen LogP contribution in [0.15, 0.2) is 24.3 Å². The second-order valence-corrected chi connectivity index (χ2v) is 5.05. The van der Waals surface area contributed by atoms with Gasteiger partial charge in [-0.3, -0.25) is 4.79 Å². The highest BCUT2D eigenvalue weighted by atomic mass is 16.1. The Balaban J connectivity index is 1.87. The molecule has 6 nitrogen and oxygen atoms in total. The molecule has 6 heteroatoms. The first kappa shape index (κ1) is 12.7. The maximum atomic E-state index is 11.1. The molecule has 20 heavy (non-hydrogen) atoms. The Morgan fingerprint density at radius 2 is 2.05 bits per heavy atom. The van der Waals surface area contributed by atoms with E-state index in [4.69, 9.17) is 5.73 Å². The number of hydrogen-bond donors (Lipinski definition) is 2. The van der Waals surface area contributed by atoms with Gasteiger partial charge in [0.25, 0.3) is 0 Å². The zero-order chi connectivity index (χ0) is 14.1. The van der Waals surface area contributed by atoms with E-state index in [9.17, 15) is 4.79 Å². The molecule has 3 rings (SSSR count). The summed E-state index contributed by atoms with van der Waals surface area (Å²) in [6, 6.07) is 7.82. The van der Waals surface area contributed by atoms with Crippen LogP contribution < -0.4 is 16.0 Å². The molecule has 104 valence electrons. The van der Waals surface area contributed by atoms with Crippen molar-refractivity contribution in [3.8, 4) is 0 Å². The van der Waals surface area contributed by atoms with E-state index in [1.165, 1.54) is 6.92 Å². The van der Waals surface area contributed by atoms with Crippen molar-refractivity contribution in [3.05, 3.63) is 24.3 Å². The van der Waals surface area contributed by atoms with Crippen LogP contribution in [0.4, 0.5) is 11.6 Å². The maximum absolute atomic E-state index is 11.1. The van der Waals surface area contributed by atoms with Crippen LogP contribution in [-0.2, 0) is 4.79 Å². The molecule has 1 aliphatic rings. The first-order valence-electron chi connectivity index (χ1n) is 6.68. The molecular formula is C14H17N5O. The summed E-state index contributed by atoms with van der Waals surface area (Å²) >= 11 is 0. The molecule has 2 aromatic rings. The summed E-state index contributed by atoms with van der Waals surface area (Å²) in [6.07, 6.45) is 0.896. The smallest absolute Gasteiger partial charge is 0.217 e. The highest BCUT2D eigenvalue weighted by Crippen LogP contribution is 2.25. The molecule has 0 aliphatic carbocycles. The number of carbonyl (C=O) groups is 1. The van der Waals surface area contributed by atoms with Gasteiger partial charge in [-0.05, 0) is 18.6 Å². The summed E-state index contributed by atoms with van der Waals surface area (Å²) < 4.78 is 0. The van der Waals surface area contributed by atoms with Gasteiger partial charge in [-0.2, -0.15) is 0 Å². The number of para-hydroxylation sites is 2.